The molecular weight excluding hydrogens is 374 g/mol. The van der Waals surface area contributed by atoms with E-state index in [1.807, 2.05) is 0 Å². The fourth-order valence-electron chi connectivity index (χ4n) is 4.25. The Kier molecular flexibility index (Phi) is 23.2. The van der Waals surface area contributed by atoms with Crippen molar-refractivity contribution in [3.8, 4) is 0 Å². The minimum absolute atomic E-state index is 0.284. The molecule has 0 aliphatic carbocycles. The first-order valence-electron chi connectivity index (χ1n) is 13.2. The summed E-state index contributed by atoms with van der Waals surface area (Å²) in [6.45, 7) is 11.9. The topological polar surface area (TPSA) is 0 Å². The number of rotatable bonds is 22. The standard InChI is InChI=1S/C26H56P2/c1-6-11-16-21-26(27(22-17-12-7-2)23-18-13-8-3)28(24-19-14-9-4)25-20-15-10-5/h26H,6-25H2,1-5H3. The van der Waals surface area contributed by atoms with E-state index in [4.69, 9.17) is 0 Å². The van der Waals surface area contributed by atoms with E-state index in [0.29, 0.717) is 0 Å². The van der Waals surface area contributed by atoms with E-state index >= 15 is 0 Å². The number of unbranched alkanes of at least 4 members (excludes halogenated alkanes) is 10. The van der Waals surface area contributed by atoms with Gasteiger partial charge in [-0.05, 0) is 62.2 Å². The molecule has 0 N–H and O–H groups in total. The molecule has 0 saturated carbocycles. The molecule has 0 atom stereocenters. The molecule has 28 heavy (non-hydrogen) atoms. The fraction of sp³-hybridized carbons (Fsp3) is 1.00. The predicted octanol–water partition coefficient (Wildman–Crippen LogP) is 10.6. The van der Waals surface area contributed by atoms with Crippen molar-refractivity contribution in [3.05, 3.63) is 0 Å². The zero-order chi connectivity index (χ0) is 20.9. The Hall–Kier alpha value is 0.860. The molecule has 0 heterocycles. The van der Waals surface area contributed by atoms with Crippen LogP contribution in [0.1, 0.15) is 137 Å². The molecule has 0 spiro atoms. The van der Waals surface area contributed by atoms with Crippen molar-refractivity contribution in [1.82, 2.24) is 0 Å². The summed E-state index contributed by atoms with van der Waals surface area (Å²) < 4.78 is 0. The highest BCUT2D eigenvalue weighted by Crippen LogP contribution is 2.61. The molecule has 0 fully saturated rings. The van der Waals surface area contributed by atoms with Crippen LogP contribution in [0.2, 0.25) is 0 Å². The molecule has 0 aliphatic rings. The van der Waals surface area contributed by atoms with Gasteiger partial charge >= 0.3 is 0 Å². The minimum Gasteiger partial charge on any atom is -0.0991 e. The summed E-state index contributed by atoms with van der Waals surface area (Å²) in [5.74, 6) is 0. The van der Waals surface area contributed by atoms with E-state index in [-0.39, 0.29) is 15.8 Å². The lowest BCUT2D eigenvalue weighted by Crippen LogP contribution is -2.13. The lowest BCUT2D eigenvalue weighted by molar-refractivity contribution is 0.684. The van der Waals surface area contributed by atoms with Crippen LogP contribution in [0.4, 0.5) is 0 Å². The normalized spacial score (nSPS) is 12.0. The van der Waals surface area contributed by atoms with Gasteiger partial charge in [-0.25, -0.2) is 0 Å². The van der Waals surface area contributed by atoms with Crippen LogP contribution in [0.5, 0.6) is 0 Å². The largest absolute Gasteiger partial charge is 0.0991 e. The zero-order valence-corrected chi connectivity index (χ0v) is 22.4. The molecule has 0 rings (SSSR count). The summed E-state index contributed by atoms with van der Waals surface area (Å²) in [5.41, 5.74) is 0. The van der Waals surface area contributed by atoms with Gasteiger partial charge < -0.3 is 0 Å². The van der Waals surface area contributed by atoms with Gasteiger partial charge in [0, 0.05) is 0 Å². The second kappa shape index (κ2) is 22.5. The van der Waals surface area contributed by atoms with Crippen LogP contribution < -0.4 is 0 Å². The Morgan fingerprint density at radius 3 is 0.964 bits per heavy atom. The Morgan fingerprint density at radius 1 is 0.393 bits per heavy atom. The van der Waals surface area contributed by atoms with Gasteiger partial charge in [-0.1, -0.05) is 121 Å². The molecule has 0 amide bonds. The highest BCUT2D eigenvalue weighted by atomic mass is 31.2. The van der Waals surface area contributed by atoms with Gasteiger partial charge in [-0.3, -0.25) is 0 Å². The van der Waals surface area contributed by atoms with Crippen molar-refractivity contribution >= 4 is 15.8 Å². The quantitative estimate of drug-likeness (QED) is 0.118. The lowest BCUT2D eigenvalue weighted by atomic mass is 10.2. The van der Waals surface area contributed by atoms with Crippen LogP contribution in [0.25, 0.3) is 0 Å². The molecule has 0 radical (unpaired) electrons. The summed E-state index contributed by atoms with van der Waals surface area (Å²) in [4.78, 5) is 0. The van der Waals surface area contributed by atoms with Gasteiger partial charge in [0.15, 0.2) is 0 Å². The van der Waals surface area contributed by atoms with Crippen molar-refractivity contribution in [3.63, 3.8) is 0 Å². The summed E-state index contributed by atoms with van der Waals surface area (Å²) in [6, 6.07) is 0. The van der Waals surface area contributed by atoms with E-state index in [1.165, 1.54) is 96.3 Å². The Labute approximate surface area is 183 Å². The molecule has 0 bridgehead atoms. The smallest absolute Gasteiger partial charge is 0.000583 e. The molecular formula is C26H56P2. The van der Waals surface area contributed by atoms with Gasteiger partial charge in [0.25, 0.3) is 0 Å². The summed E-state index contributed by atoms with van der Waals surface area (Å²) in [6.07, 6.45) is 29.9. The second-order valence-corrected chi connectivity index (χ2v) is 14.7. The van der Waals surface area contributed by atoms with E-state index in [1.54, 1.807) is 31.1 Å². The van der Waals surface area contributed by atoms with Crippen molar-refractivity contribution in [2.45, 2.75) is 143 Å². The van der Waals surface area contributed by atoms with Crippen molar-refractivity contribution < 1.29 is 0 Å². The monoisotopic (exact) mass is 430 g/mol. The van der Waals surface area contributed by atoms with Gasteiger partial charge in [0.1, 0.15) is 0 Å². The predicted molar refractivity (Wildman–Crippen MR) is 139 cm³/mol. The van der Waals surface area contributed by atoms with Gasteiger partial charge in [-0.2, -0.15) is 0 Å². The maximum Gasteiger partial charge on any atom is -0.000583 e. The second-order valence-electron chi connectivity index (χ2n) is 8.88. The van der Waals surface area contributed by atoms with Gasteiger partial charge in [0.05, 0.1) is 0 Å². The van der Waals surface area contributed by atoms with Crippen LogP contribution in [0.3, 0.4) is 0 Å². The van der Waals surface area contributed by atoms with Crippen molar-refractivity contribution in [1.29, 1.82) is 0 Å². The molecule has 0 aromatic heterocycles. The molecule has 0 aromatic rings. The average molecular weight is 431 g/mol. The van der Waals surface area contributed by atoms with E-state index < -0.39 is 0 Å². The fourth-order valence-corrected chi connectivity index (χ4v) is 12.7. The zero-order valence-electron chi connectivity index (χ0n) is 20.6. The Bertz CT molecular complexity index is 248. The van der Waals surface area contributed by atoms with E-state index in [0.717, 1.165) is 5.40 Å². The Balaban J connectivity index is 5.16. The third-order valence-electron chi connectivity index (χ3n) is 6.10. The SMILES string of the molecule is CCCCCC(P(CCCCC)CCCCC)P(CCCCC)CCCCC. The first kappa shape index (κ1) is 28.9. The maximum atomic E-state index is 2.38. The summed E-state index contributed by atoms with van der Waals surface area (Å²) >= 11 is 0. The van der Waals surface area contributed by atoms with Crippen LogP contribution in [-0.2, 0) is 0 Å². The molecule has 170 valence electrons. The Morgan fingerprint density at radius 2 is 0.679 bits per heavy atom. The van der Waals surface area contributed by atoms with Gasteiger partial charge in [0.2, 0.25) is 0 Å². The highest BCUT2D eigenvalue weighted by molar-refractivity contribution is 7.75. The van der Waals surface area contributed by atoms with Crippen LogP contribution in [0.15, 0.2) is 0 Å². The highest BCUT2D eigenvalue weighted by Gasteiger charge is 2.27. The molecule has 2 heteroatoms. The van der Waals surface area contributed by atoms with Crippen LogP contribution in [0, 0.1) is 0 Å². The third kappa shape index (κ3) is 15.7. The molecule has 0 aromatic carbocycles. The molecule has 0 unspecified atom stereocenters. The summed E-state index contributed by atoms with van der Waals surface area (Å²) in [5, 5.41) is 1.15. The first-order chi connectivity index (χ1) is 13.7. The average Bonchev–Trinajstić information content (AvgIpc) is 2.70. The number of hydrogen-bond acceptors (Lipinski definition) is 0. The summed E-state index contributed by atoms with van der Waals surface area (Å²) in [7, 11) is 0.568. The van der Waals surface area contributed by atoms with Gasteiger partial charge in [-0.15, -0.1) is 0 Å². The number of hydrogen-bond donors (Lipinski definition) is 0. The minimum atomic E-state index is 0.284. The maximum absolute atomic E-state index is 2.38. The van der Waals surface area contributed by atoms with Crippen molar-refractivity contribution in [2.24, 2.45) is 0 Å². The van der Waals surface area contributed by atoms with E-state index in [9.17, 15) is 0 Å². The van der Waals surface area contributed by atoms with Crippen LogP contribution in [-0.4, -0.2) is 30.0 Å². The lowest BCUT2D eigenvalue weighted by Gasteiger charge is -2.36. The molecule has 0 saturated heterocycles. The first-order valence-corrected chi connectivity index (χ1v) is 16.8. The van der Waals surface area contributed by atoms with E-state index in [2.05, 4.69) is 34.6 Å². The molecule has 0 aliphatic heterocycles. The van der Waals surface area contributed by atoms with Crippen LogP contribution >= 0.6 is 15.8 Å². The van der Waals surface area contributed by atoms with Crippen molar-refractivity contribution in [2.75, 3.05) is 24.6 Å². The molecule has 0 nitrogen and oxygen atoms in total. The third-order valence-corrected chi connectivity index (χ3v) is 13.8.